The summed E-state index contributed by atoms with van der Waals surface area (Å²) in [5.74, 6) is 1.07. The molecule has 1 amide bonds. The molecule has 2 aromatic carbocycles. The molecular weight excluding hydrogens is 428 g/mol. The van der Waals surface area contributed by atoms with Crippen molar-refractivity contribution in [3.63, 3.8) is 0 Å². The zero-order chi connectivity index (χ0) is 24.1. The van der Waals surface area contributed by atoms with Gasteiger partial charge < -0.3 is 14.8 Å². The van der Waals surface area contributed by atoms with Crippen molar-refractivity contribution in [1.29, 1.82) is 0 Å². The number of rotatable bonds is 9. The molecule has 32 heavy (non-hydrogen) atoms. The summed E-state index contributed by atoms with van der Waals surface area (Å²) in [6, 6.07) is 10.2. The predicted octanol–water partition coefficient (Wildman–Crippen LogP) is 4.56. The van der Waals surface area contributed by atoms with Crippen molar-refractivity contribution >= 4 is 21.6 Å². The molecule has 2 rings (SSSR count). The second-order valence-electron chi connectivity index (χ2n) is 8.85. The Hall–Kier alpha value is -2.58. The molecule has 0 spiro atoms. The predicted molar refractivity (Wildman–Crippen MR) is 127 cm³/mol. The van der Waals surface area contributed by atoms with Gasteiger partial charge in [-0.3, -0.25) is 4.79 Å². The maximum atomic E-state index is 13.1. The summed E-state index contributed by atoms with van der Waals surface area (Å²) in [7, 11) is -0.709. The van der Waals surface area contributed by atoms with E-state index in [0.29, 0.717) is 17.2 Å². The zero-order valence-electron chi connectivity index (χ0n) is 19.7. The Kier molecular flexibility index (Phi) is 8.31. The topological polar surface area (TPSA) is 108 Å². The summed E-state index contributed by atoms with van der Waals surface area (Å²) in [6.07, 6.45) is 1.90. The number of primary sulfonamides is 1. The number of nitrogens with two attached hydrogens (primary N) is 1. The highest BCUT2D eigenvalue weighted by Gasteiger charge is 2.24. The summed E-state index contributed by atoms with van der Waals surface area (Å²) in [5, 5.41) is 8.23. The Morgan fingerprint density at radius 2 is 1.78 bits per heavy atom. The number of hydrogen-bond donors (Lipinski definition) is 2. The first-order valence-electron chi connectivity index (χ1n) is 10.6. The molecule has 0 aromatic heterocycles. The largest absolute Gasteiger partial charge is 0.497 e. The van der Waals surface area contributed by atoms with Crippen LogP contribution in [0, 0.1) is 0 Å². The van der Waals surface area contributed by atoms with Crippen molar-refractivity contribution in [3.05, 3.63) is 47.5 Å². The van der Waals surface area contributed by atoms with Gasteiger partial charge in [0, 0.05) is 18.2 Å². The highest BCUT2D eigenvalue weighted by atomic mass is 32.2. The lowest BCUT2D eigenvalue weighted by Gasteiger charge is -2.24. The first-order chi connectivity index (χ1) is 14.9. The van der Waals surface area contributed by atoms with Gasteiger partial charge in [-0.1, -0.05) is 46.2 Å². The lowest BCUT2D eigenvalue weighted by molar-refractivity contribution is -0.116. The van der Waals surface area contributed by atoms with Crippen molar-refractivity contribution in [2.45, 2.75) is 63.2 Å². The van der Waals surface area contributed by atoms with Gasteiger partial charge in [0.1, 0.15) is 11.5 Å². The summed E-state index contributed by atoms with van der Waals surface area (Å²) in [4.78, 5) is 13.0. The van der Waals surface area contributed by atoms with Crippen LogP contribution in [0.4, 0.5) is 5.69 Å². The monoisotopic (exact) mass is 462 g/mol. The van der Waals surface area contributed by atoms with Crippen molar-refractivity contribution in [1.82, 2.24) is 0 Å². The molecule has 3 N–H and O–H groups in total. The Morgan fingerprint density at radius 1 is 1.09 bits per heavy atom. The fraction of sp³-hybridized carbons (Fsp3) is 0.458. The van der Waals surface area contributed by atoms with E-state index in [1.807, 2.05) is 39.0 Å². The molecule has 0 bridgehead atoms. The summed E-state index contributed by atoms with van der Waals surface area (Å²) < 4.78 is 34.5. The number of hydrogen-bond acceptors (Lipinski definition) is 5. The van der Waals surface area contributed by atoms with Crippen LogP contribution < -0.4 is 19.9 Å². The van der Waals surface area contributed by atoms with Gasteiger partial charge in [-0.2, -0.15) is 0 Å². The smallest absolute Gasteiger partial charge is 0.238 e. The highest BCUT2D eigenvalue weighted by molar-refractivity contribution is 7.89. The molecule has 7 nitrogen and oxygen atoms in total. The number of benzene rings is 2. The van der Waals surface area contributed by atoms with Crippen LogP contribution in [0.15, 0.2) is 41.3 Å². The number of carbonyl (C=O) groups is 1. The number of ether oxygens (including phenoxy) is 2. The molecule has 0 aliphatic carbocycles. The number of anilines is 1. The number of amides is 1. The average Bonchev–Trinajstić information content (AvgIpc) is 2.71. The van der Waals surface area contributed by atoms with Gasteiger partial charge in [-0.05, 0) is 47.1 Å². The number of sulfonamides is 1. The molecular formula is C24H34N2O5S. The fourth-order valence-electron chi connectivity index (χ4n) is 3.75. The molecule has 0 aliphatic rings. The van der Waals surface area contributed by atoms with Crippen molar-refractivity contribution in [2.75, 3.05) is 19.5 Å². The van der Waals surface area contributed by atoms with Gasteiger partial charge in [-0.25, -0.2) is 13.6 Å². The highest BCUT2D eigenvalue weighted by Crippen LogP contribution is 2.36. The summed E-state index contributed by atoms with van der Waals surface area (Å²) >= 11 is 0. The molecule has 0 saturated heterocycles. The van der Waals surface area contributed by atoms with E-state index < -0.39 is 10.0 Å². The normalized spacial score (nSPS) is 12.8. The SMILES string of the molecule is CCCC(CC(=O)Nc1cc(S(N)(=O)=O)ccc1C(C)(C)C)c1ccc(OC)cc1OC. The van der Waals surface area contributed by atoms with E-state index in [-0.39, 0.29) is 28.6 Å². The Morgan fingerprint density at radius 3 is 2.31 bits per heavy atom. The number of nitrogens with one attached hydrogen (secondary N) is 1. The van der Waals surface area contributed by atoms with E-state index in [1.54, 1.807) is 20.3 Å². The van der Waals surface area contributed by atoms with E-state index >= 15 is 0 Å². The molecule has 0 aliphatic heterocycles. The van der Waals surface area contributed by atoms with E-state index in [2.05, 4.69) is 12.2 Å². The van der Waals surface area contributed by atoms with E-state index in [0.717, 1.165) is 24.0 Å². The molecule has 0 heterocycles. The third kappa shape index (κ3) is 6.46. The van der Waals surface area contributed by atoms with Crippen LogP contribution >= 0.6 is 0 Å². The van der Waals surface area contributed by atoms with E-state index in [1.165, 1.54) is 12.1 Å². The van der Waals surface area contributed by atoms with Gasteiger partial charge in [0.25, 0.3) is 0 Å². The van der Waals surface area contributed by atoms with Crippen LogP contribution in [0.5, 0.6) is 11.5 Å². The summed E-state index contributed by atoms with van der Waals surface area (Å²) in [5.41, 5.74) is 1.90. The van der Waals surface area contributed by atoms with Crippen LogP contribution in [-0.2, 0) is 20.2 Å². The molecule has 1 unspecified atom stereocenters. The van der Waals surface area contributed by atoms with Gasteiger partial charge in [-0.15, -0.1) is 0 Å². The van der Waals surface area contributed by atoms with Crippen molar-refractivity contribution < 1.29 is 22.7 Å². The number of carbonyl (C=O) groups excluding carboxylic acids is 1. The lowest BCUT2D eigenvalue weighted by atomic mass is 9.85. The van der Waals surface area contributed by atoms with Gasteiger partial charge in [0.2, 0.25) is 15.9 Å². The standard InChI is InChI=1S/C24H34N2O5S/c1-7-8-16(19-11-9-17(30-5)14-22(19)31-6)13-23(27)26-21-15-18(32(25,28)29)10-12-20(21)24(2,3)4/h9-12,14-16H,7-8,13H2,1-6H3,(H,26,27)(H2,25,28,29). The van der Waals surface area contributed by atoms with Crippen LogP contribution in [0.25, 0.3) is 0 Å². The minimum Gasteiger partial charge on any atom is -0.497 e. The Bertz CT molecular complexity index is 1060. The van der Waals surface area contributed by atoms with Crippen LogP contribution in [0.1, 0.15) is 64.0 Å². The molecule has 0 fully saturated rings. The maximum absolute atomic E-state index is 13.1. The third-order valence-corrected chi connectivity index (χ3v) is 6.26. The van der Waals surface area contributed by atoms with Crippen molar-refractivity contribution in [2.24, 2.45) is 5.14 Å². The van der Waals surface area contributed by atoms with E-state index in [4.69, 9.17) is 14.6 Å². The minimum atomic E-state index is -3.89. The van der Waals surface area contributed by atoms with Crippen LogP contribution in [0.3, 0.4) is 0 Å². The molecule has 2 aromatic rings. The Labute approximate surface area is 191 Å². The third-order valence-electron chi connectivity index (χ3n) is 5.35. The Balaban J connectivity index is 2.37. The van der Waals surface area contributed by atoms with Gasteiger partial charge in [0.05, 0.1) is 19.1 Å². The minimum absolute atomic E-state index is 0.0391. The quantitative estimate of drug-likeness (QED) is 0.568. The first kappa shape index (κ1) is 25.7. The number of methoxy groups -OCH3 is 2. The van der Waals surface area contributed by atoms with Crippen LogP contribution in [0.2, 0.25) is 0 Å². The average molecular weight is 463 g/mol. The van der Waals surface area contributed by atoms with Crippen molar-refractivity contribution in [3.8, 4) is 11.5 Å². The molecule has 0 radical (unpaired) electrons. The maximum Gasteiger partial charge on any atom is 0.238 e. The summed E-state index contributed by atoms with van der Waals surface area (Å²) in [6.45, 7) is 8.05. The lowest BCUT2D eigenvalue weighted by Crippen LogP contribution is -2.21. The first-order valence-corrected chi connectivity index (χ1v) is 12.1. The second kappa shape index (κ2) is 10.4. The zero-order valence-corrected chi connectivity index (χ0v) is 20.5. The molecule has 176 valence electrons. The molecule has 1 atom stereocenters. The van der Waals surface area contributed by atoms with E-state index in [9.17, 15) is 13.2 Å². The van der Waals surface area contributed by atoms with Crippen LogP contribution in [-0.4, -0.2) is 28.5 Å². The van der Waals surface area contributed by atoms with Gasteiger partial charge >= 0.3 is 0 Å². The second-order valence-corrected chi connectivity index (χ2v) is 10.4. The fourth-order valence-corrected chi connectivity index (χ4v) is 4.29. The molecule has 8 heteroatoms. The van der Waals surface area contributed by atoms with Gasteiger partial charge in [0.15, 0.2) is 0 Å². The molecule has 0 saturated carbocycles.